The van der Waals surface area contributed by atoms with E-state index in [4.69, 9.17) is 4.74 Å². The van der Waals surface area contributed by atoms with Gasteiger partial charge in [0.1, 0.15) is 0 Å². The van der Waals surface area contributed by atoms with E-state index in [0.29, 0.717) is 5.41 Å². The molecule has 1 saturated carbocycles. The SMILES string of the molecule is CNCC1(C2(c3ccc[nH]3)COC2)CC1. The minimum Gasteiger partial charge on any atom is -0.379 e. The Hall–Kier alpha value is -0.800. The monoisotopic (exact) mass is 206 g/mol. The molecule has 3 heteroatoms. The highest BCUT2D eigenvalue weighted by atomic mass is 16.5. The zero-order valence-electron chi connectivity index (χ0n) is 9.18. The molecule has 2 fully saturated rings. The summed E-state index contributed by atoms with van der Waals surface area (Å²) in [5, 5.41) is 3.34. The van der Waals surface area contributed by atoms with E-state index < -0.39 is 0 Å². The van der Waals surface area contributed by atoms with E-state index in [1.54, 1.807) is 0 Å². The third kappa shape index (κ3) is 1.13. The lowest BCUT2D eigenvalue weighted by molar-refractivity contribution is -0.101. The largest absolute Gasteiger partial charge is 0.379 e. The summed E-state index contributed by atoms with van der Waals surface area (Å²) in [6.45, 7) is 2.87. The number of rotatable bonds is 4. The summed E-state index contributed by atoms with van der Waals surface area (Å²) < 4.78 is 5.49. The van der Waals surface area contributed by atoms with E-state index in [1.165, 1.54) is 18.5 Å². The van der Waals surface area contributed by atoms with Crippen LogP contribution in [0.5, 0.6) is 0 Å². The second-order valence-electron chi connectivity index (χ2n) is 4.97. The number of hydrogen-bond acceptors (Lipinski definition) is 2. The lowest BCUT2D eigenvalue weighted by atomic mass is 9.68. The van der Waals surface area contributed by atoms with Crippen LogP contribution in [0.15, 0.2) is 18.3 Å². The first-order chi connectivity index (χ1) is 7.33. The Bertz CT molecular complexity index is 337. The minimum atomic E-state index is 0.263. The van der Waals surface area contributed by atoms with Crippen LogP contribution in [0.1, 0.15) is 18.5 Å². The van der Waals surface area contributed by atoms with Gasteiger partial charge in [-0.15, -0.1) is 0 Å². The third-order valence-electron chi connectivity index (χ3n) is 4.19. The topological polar surface area (TPSA) is 37.0 Å². The predicted molar refractivity (Wildman–Crippen MR) is 58.9 cm³/mol. The number of aromatic amines is 1. The fourth-order valence-corrected chi connectivity index (χ4v) is 3.00. The zero-order chi connectivity index (χ0) is 10.4. The molecule has 15 heavy (non-hydrogen) atoms. The van der Waals surface area contributed by atoms with E-state index in [2.05, 4.69) is 22.4 Å². The molecule has 3 rings (SSSR count). The third-order valence-corrected chi connectivity index (χ3v) is 4.19. The van der Waals surface area contributed by atoms with Crippen LogP contribution in [0.25, 0.3) is 0 Å². The summed E-state index contributed by atoms with van der Waals surface area (Å²) in [4.78, 5) is 3.38. The van der Waals surface area contributed by atoms with Crippen LogP contribution in [0.4, 0.5) is 0 Å². The molecule has 0 unspecified atom stereocenters. The molecular weight excluding hydrogens is 188 g/mol. The van der Waals surface area contributed by atoms with Crippen molar-refractivity contribution in [2.45, 2.75) is 18.3 Å². The molecule has 0 radical (unpaired) electrons. The summed E-state index contributed by atoms with van der Waals surface area (Å²) in [6, 6.07) is 4.29. The highest BCUT2D eigenvalue weighted by molar-refractivity contribution is 5.30. The first-order valence-electron chi connectivity index (χ1n) is 5.69. The molecule has 2 aliphatic rings. The molecule has 82 valence electrons. The van der Waals surface area contributed by atoms with Crippen molar-refractivity contribution in [1.82, 2.24) is 10.3 Å². The Kier molecular flexibility index (Phi) is 1.94. The molecule has 1 aromatic rings. The maximum absolute atomic E-state index is 5.49. The van der Waals surface area contributed by atoms with Crippen LogP contribution in [-0.2, 0) is 10.2 Å². The number of aromatic nitrogens is 1. The fourth-order valence-electron chi connectivity index (χ4n) is 3.00. The second-order valence-corrected chi connectivity index (χ2v) is 4.97. The van der Waals surface area contributed by atoms with Crippen LogP contribution in [0, 0.1) is 5.41 Å². The highest BCUT2D eigenvalue weighted by Crippen LogP contribution is 2.61. The predicted octanol–water partition coefficient (Wildman–Crippen LogP) is 1.28. The summed E-state index contributed by atoms with van der Waals surface area (Å²) in [7, 11) is 2.04. The molecule has 0 spiro atoms. The van der Waals surface area contributed by atoms with Crippen molar-refractivity contribution < 1.29 is 4.74 Å². The van der Waals surface area contributed by atoms with E-state index in [0.717, 1.165) is 19.8 Å². The molecule has 1 aliphatic heterocycles. The van der Waals surface area contributed by atoms with Gasteiger partial charge in [0.05, 0.1) is 18.6 Å². The molecule has 0 atom stereocenters. The van der Waals surface area contributed by atoms with Gasteiger partial charge in [-0.1, -0.05) is 0 Å². The van der Waals surface area contributed by atoms with Gasteiger partial charge in [-0.2, -0.15) is 0 Å². The van der Waals surface area contributed by atoms with Gasteiger partial charge < -0.3 is 15.0 Å². The Balaban J connectivity index is 1.93. The number of H-pyrrole nitrogens is 1. The van der Waals surface area contributed by atoms with Gasteiger partial charge in [-0.05, 0) is 37.4 Å². The van der Waals surface area contributed by atoms with Crippen molar-refractivity contribution >= 4 is 0 Å². The number of hydrogen-bond donors (Lipinski definition) is 2. The van der Waals surface area contributed by atoms with Gasteiger partial charge in [0, 0.05) is 18.4 Å². The van der Waals surface area contributed by atoms with Crippen LogP contribution >= 0.6 is 0 Å². The molecule has 1 aromatic heterocycles. The minimum absolute atomic E-state index is 0.263. The molecule has 3 nitrogen and oxygen atoms in total. The van der Waals surface area contributed by atoms with Crippen LogP contribution in [-0.4, -0.2) is 31.8 Å². The maximum atomic E-state index is 5.49. The van der Waals surface area contributed by atoms with Crippen LogP contribution < -0.4 is 5.32 Å². The maximum Gasteiger partial charge on any atom is 0.0638 e. The Labute approximate surface area is 90.2 Å². The van der Waals surface area contributed by atoms with Gasteiger partial charge in [-0.3, -0.25) is 0 Å². The van der Waals surface area contributed by atoms with Gasteiger partial charge in [0.2, 0.25) is 0 Å². The summed E-state index contributed by atoms with van der Waals surface area (Å²) in [5.74, 6) is 0. The Morgan fingerprint density at radius 3 is 2.67 bits per heavy atom. The normalized spacial score (nSPS) is 25.9. The second kappa shape index (κ2) is 3.09. The molecule has 2 N–H and O–H groups in total. The molecule has 2 heterocycles. The lowest BCUT2D eigenvalue weighted by Crippen LogP contribution is -2.56. The van der Waals surface area contributed by atoms with E-state index in [1.807, 2.05) is 13.2 Å². The molecule has 1 aliphatic carbocycles. The van der Waals surface area contributed by atoms with Crippen LogP contribution in [0.3, 0.4) is 0 Å². The summed E-state index contributed by atoms with van der Waals surface area (Å²) >= 11 is 0. The average molecular weight is 206 g/mol. The fraction of sp³-hybridized carbons (Fsp3) is 0.667. The standard InChI is InChI=1S/C12H18N2O/c1-13-7-11(4-5-11)12(8-15-9-12)10-3-2-6-14-10/h2-3,6,13-14H,4-5,7-9H2,1H3. The van der Waals surface area contributed by atoms with Gasteiger partial charge in [0.25, 0.3) is 0 Å². The molecule has 0 aromatic carbocycles. The molecular formula is C12H18N2O. The van der Waals surface area contributed by atoms with Crippen molar-refractivity contribution in [3.05, 3.63) is 24.0 Å². The van der Waals surface area contributed by atoms with Gasteiger partial charge in [0.15, 0.2) is 0 Å². The summed E-state index contributed by atoms with van der Waals surface area (Å²) in [5.41, 5.74) is 2.08. The Morgan fingerprint density at radius 1 is 1.47 bits per heavy atom. The van der Waals surface area contributed by atoms with E-state index in [-0.39, 0.29) is 5.41 Å². The summed E-state index contributed by atoms with van der Waals surface area (Å²) in [6.07, 6.45) is 4.68. The Morgan fingerprint density at radius 2 is 2.27 bits per heavy atom. The van der Waals surface area contributed by atoms with Gasteiger partial charge >= 0.3 is 0 Å². The number of ether oxygens (including phenoxy) is 1. The first-order valence-corrected chi connectivity index (χ1v) is 5.69. The zero-order valence-corrected chi connectivity index (χ0v) is 9.18. The molecule has 0 amide bonds. The highest BCUT2D eigenvalue weighted by Gasteiger charge is 2.63. The van der Waals surface area contributed by atoms with E-state index in [9.17, 15) is 0 Å². The van der Waals surface area contributed by atoms with E-state index >= 15 is 0 Å². The van der Waals surface area contributed by atoms with Crippen molar-refractivity contribution in [2.75, 3.05) is 26.8 Å². The van der Waals surface area contributed by atoms with Crippen LogP contribution in [0.2, 0.25) is 0 Å². The smallest absolute Gasteiger partial charge is 0.0638 e. The van der Waals surface area contributed by atoms with Crippen molar-refractivity contribution in [1.29, 1.82) is 0 Å². The quantitative estimate of drug-likeness (QED) is 0.778. The number of nitrogens with one attached hydrogen (secondary N) is 2. The van der Waals surface area contributed by atoms with Crippen molar-refractivity contribution in [3.8, 4) is 0 Å². The van der Waals surface area contributed by atoms with Crippen molar-refractivity contribution in [2.24, 2.45) is 5.41 Å². The molecule has 1 saturated heterocycles. The van der Waals surface area contributed by atoms with Crippen molar-refractivity contribution in [3.63, 3.8) is 0 Å². The molecule has 0 bridgehead atoms. The lowest BCUT2D eigenvalue weighted by Gasteiger charge is -2.47. The van der Waals surface area contributed by atoms with Gasteiger partial charge in [-0.25, -0.2) is 0 Å². The average Bonchev–Trinajstić information content (AvgIpc) is 2.75. The first kappa shape index (κ1) is 9.43.